The summed E-state index contributed by atoms with van der Waals surface area (Å²) in [6, 6.07) is 1.89. The van der Waals surface area contributed by atoms with Crippen LogP contribution in [0.3, 0.4) is 0 Å². The minimum Gasteiger partial charge on any atom is -0.355 e. The summed E-state index contributed by atoms with van der Waals surface area (Å²) in [4.78, 5) is 31.1. The van der Waals surface area contributed by atoms with Gasteiger partial charge in [0.05, 0.1) is 11.6 Å². The van der Waals surface area contributed by atoms with Gasteiger partial charge in [-0.15, -0.1) is 11.3 Å². The summed E-state index contributed by atoms with van der Waals surface area (Å²) >= 11 is 1.44. The van der Waals surface area contributed by atoms with Crippen LogP contribution in [0.5, 0.6) is 0 Å². The molecule has 0 bridgehead atoms. The SMILES string of the molecule is Cc1csc(NC(=O)C2CN(c3cc(-n4ccnc4)ncn3)C2)n1. The van der Waals surface area contributed by atoms with Crippen molar-refractivity contribution in [3.63, 3.8) is 0 Å². The van der Waals surface area contributed by atoms with Gasteiger partial charge in [0.15, 0.2) is 5.13 Å². The summed E-state index contributed by atoms with van der Waals surface area (Å²) in [7, 11) is 0. The highest BCUT2D eigenvalue weighted by molar-refractivity contribution is 7.13. The van der Waals surface area contributed by atoms with E-state index in [4.69, 9.17) is 0 Å². The topological polar surface area (TPSA) is 88.8 Å². The number of aryl methyl sites for hydroxylation is 1. The molecule has 0 aliphatic carbocycles. The first-order chi connectivity index (χ1) is 11.7. The molecule has 1 aliphatic heterocycles. The molecule has 3 aromatic heterocycles. The Kier molecular flexibility index (Phi) is 3.69. The summed E-state index contributed by atoms with van der Waals surface area (Å²) in [5, 5.41) is 5.44. The van der Waals surface area contributed by atoms with Crippen LogP contribution >= 0.6 is 11.3 Å². The highest BCUT2D eigenvalue weighted by Crippen LogP contribution is 2.25. The Morgan fingerprint density at radius 2 is 2.17 bits per heavy atom. The molecule has 0 spiro atoms. The van der Waals surface area contributed by atoms with Crippen molar-refractivity contribution in [2.75, 3.05) is 23.3 Å². The van der Waals surface area contributed by atoms with E-state index in [1.54, 1.807) is 12.5 Å². The van der Waals surface area contributed by atoms with E-state index < -0.39 is 0 Å². The molecular weight excluding hydrogens is 326 g/mol. The van der Waals surface area contributed by atoms with E-state index in [2.05, 4.69) is 30.2 Å². The third-order valence-corrected chi connectivity index (χ3v) is 4.71. The number of hydrogen-bond acceptors (Lipinski definition) is 7. The maximum absolute atomic E-state index is 12.2. The summed E-state index contributed by atoms with van der Waals surface area (Å²) in [5.74, 6) is 1.51. The van der Waals surface area contributed by atoms with Crippen LogP contribution in [-0.2, 0) is 4.79 Å². The number of hydrogen-bond donors (Lipinski definition) is 1. The third-order valence-electron chi connectivity index (χ3n) is 3.83. The number of nitrogens with one attached hydrogen (secondary N) is 1. The van der Waals surface area contributed by atoms with Gasteiger partial charge in [0, 0.05) is 36.9 Å². The minimum absolute atomic E-state index is 0.00416. The zero-order valence-electron chi connectivity index (χ0n) is 13.0. The van der Waals surface area contributed by atoms with Crippen molar-refractivity contribution in [3.05, 3.63) is 42.2 Å². The average Bonchev–Trinajstić information content (AvgIpc) is 3.18. The first-order valence-corrected chi connectivity index (χ1v) is 8.35. The Morgan fingerprint density at radius 1 is 1.33 bits per heavy atom. The predicted molar refractivity (Wildman–Crippen MR) is 90.3 cm³/mol. The Hall–Kier alpha value is -2.81. The van der Waals surface area contributed by atoms with Gasteiger partial charge in [-0.05, 0) is 6.92 Å². The number of rotatable bonds is 4. The number of carbonyl (C=O) groups is 1. The molecule has 9 heteroatoms. The number of amides is 1. The number of nitrogens with zero attached hydrogens (tertiary/aromatic N) is 6. The lowest BCUT2D eigenvalue weighted by atomic mass is 9.99. The molecular formula is C15H15N7OS. The van der Waals surface area contributed by atoms with Crippen LogP contribution < -0.4 is 10.2 Å². The Bertz CT molecular complexity index is 854. The predicted octanol–water partition coefficient (Wildman–Crippen LogP) is 1.50. The normalized spacial score (nSPS) is 14.5. The minimum atomic E-state index is -0.0548. The summed E-state index contributed by atoms with van der Waals surface area (Å²) in [5.41, 5.74) is 0.915. The largest absolute Gasteiger partial charge is 0.355 e. The third kappa shape index (κ3) is 2.85. The second-order valence-electron chi connectivity index (χ2n) is 5.59. The molecule has 3 aromatic rings. The van der Waals surface area contributed by atoms with Crippen molar-refractivity contribution in [1.82, 2.24) is 24.5 Å². The van der Waals surface area contributed by atoms with Gasteiger partial charge in [-0.1, -0.05) is 0 Å². The molecule has 4 heterocycles. The molecule has 0 atom stereocenters. The molecule has 1 fully saturated rings. The van der Waals surface area contributed by atoms with Gasteiger partial charge < -0.3 is 10.2 Å². The Morgan fingerprint density at radius 3 is 2.88 bits per heavy atom. The van der Waals surface area contributed by atoms with Gasteiger partial charge in [-0.3, -0.25) is 9.36 Å². The standard InChI is InChI=1S/C15H15N7OS/c1-10-7-24-15(19-10)20-14(23)11-5-22(6-11)13-4-12(17-8-18-13)21-3-2-16-9-21/h2-4,7-9,11H,5-6H2,1H3,(H,19,20,23). The average molecular weight is 341 g/mol. The molecule has 0 unspecified atom stereocenters. The Balaban J connectivity index is 1.39. The molecule has 1 saturated heterocycles. The number of imidazole rings is 1. The number of anilines is 2. The van der Waals surface area contributed by atoms with E-state index >= 15 is 0 Å². The Labute approximate surface area is 142 Å². The van der Waals surface area contributed by atoms with Crippen LogP contribution in [0.4, 0.5) is 10.9 Å². The van der Waals surface area contributed by atoms with E-state index in [9.17, 15) is 4.79 Å². The molecule has 1 aliphatic rings. The van der Waals surface area contributed by atoms with Crippen LogP contribution in [0.15, 0.2) is 36.5 Å². The van der Waals surface area contributed by atoms with Gasteiger partial charge in [0.25, 0.3) is 0 Å². The van der Waals surface area contributed by atoms with E-state index in [1.807, 2.05) is 29.1 Å². The van der Waals surface area contributed by atoms with E-state index in [0.29, 0.717) is 18.2 Å². The lowest BCUT2D eigenvalue weighted by molar-refractivity contribution is -0.120. The fraction of sp³-hybridized carbons (Fsp3) is 0.267. The number of thiazole rings is 1. The van der Waals surface area contributed by atoms with E-state index in [1.165, 1.54) is 17.7 Å². The van der Waals surface area contributed by atoms with Crippen molar-refractivity contribution >= 4 is 28.2 Å². The molecule has 0 radical (unpaired) electrons. The zero-order chi connectivity index (χ0) is 16.5. The summed E-state index contributed by atoms with van der Waals surface area (Å²) in [6.45, 7) is 3.18. The molecule has 1 N–H and O–H groups in total. The zero-order valence-corrected chi connectivity index (χ0v) is 13.8. The molecule has 122 valence electrons. The second kappa shape index (κ2) is 6.00. The lowest BCUT2D eigenvalue weighted by Gasteiger charge is -2.38. The van der Waals surface area contributed by atoms with Gasteiger partial charge in [0.2, 0.25) is 5.91 Å². The monoisotopic (exact) mass is 341 g/mol. The van der Waals surface area contributed by atoms with Gasteiger partial charge in [-0.2, -0.15) is 0 Å². The van der Waals surface area contributed by atoms with Crippen molar-refractivity contribution in [2.24, 2.45) is 5.92 Å². The molecule has 1 amide bonds. The highest BCUT2D eigenvalue weighted by Gasteiger charge is 2.34. The number of aromatic nitrogens is 5. The van der Waals surface area contributed by atoms with Crippen molar-refractivity contribution in [3.8, 4) is 5.82 Å². The van der Waals surface area contributed by atoms with Gasteiger partial charge >= 0.3 is 0 Å². The fourth-order valence-electron chi connectivity index (χ4n) is 2.50. The van der Waals surface area contributed by atoms with Gasteiger partial charge in [-0.25, -0.2) is 19.9 Å². The summed E-state index contributed by atoms with van der Waals surface area (Å²) < 4.78 is 1.82. The maximum Gasteiger partial charge on any atom is 0.232 e. The quantitative estimate of drug-likeness (QED) is 0.774. The summed E-state index contributed by atoms with van der Waals surface area (Å²) in [6.07, 6.45) is 6.74. The van der Waals surface area contributed by atoms with Crippen LogP contribution in [0.1, 0.15) is 5.69 Å². The molecule has 4 rings (SSSR count). The first kappa shape index (κ1) is 14.8. The number of carbonyl (C=O) groups excluding carboxylic acids is 1. The van der Waals surface area contributed by atoms with Crippen LogP contribution in [0, 0.1) is 12.8 Å². The van der Waals surface area contributed by atoms with E-state index in [0.717, 1.165) is 17.3 Å². The second-order valence-corrected chi connectivity index (χ2v) is 6.45. The van der Waals surface area contributed by atoms with Gasteiger partial charge in [0.1, 0.15) is 24.3 Å². The molecule has 0 saturated carbocycles. The smallest absolute Gasteiger partial charge is 0.232 e. The molecule has 0 aromatic carbocycles. The fourth-order valence-corrected chi connectivity index (χ4v) is 3.19. The first-order valence-electron chi connectivity index (χ1n) is 7.47. The molecule has 8 nitrogen and oxygen atoms in total. The maximum atomic E-state index is 12.2. The van der Waals surface area contributed by atoms with Crippen LogP contribution in [0.2, 0.25) is 0 Å². The van der Waals surface area contributed by atoms with Crippen LogP contribution in [0.25, 0.3) is 5.82 Å². The van der Waals surface area contributed by atoms with E-state index in [-0.39, 0.29) is 11.8 Å². The molecule has 24 heavy (non-hydrogen) atoms. The lowest BCUT2D eigenvalue weighted by Crippen LogP contribution is -2.52. The highest BCUT2D eigenvalue weighted by atomic mass is 32.1. The van der Waals surface area contributed by atoms with Crippen molar-refractivity contribution in [1.29, 1.82) is 0 Å². The van der Waals surface area contributed by atoms with Crippen molar-refractivity contribution in [2.45, 2.75) is 6.92 Å². The van der Waals surface area contributed by atoms with Crippen LogP contribution in [-0.4, -0.2) is 43.5 Å². The van der Waals surface area contributed by atoms with Crippen molar-refractivity contribution < 1.29 is 4.79 Å².